The molecule has 0 fully saturated rings. The average molecular weight is 246 g/mol. The summed E-state index contributed by atoms with van der Waals surface area (Å²) in [4.78, 5) is 15.1. The summed E-state index contributed by atoms with van der Waals surface area (Å²) in [5, 5.41) is 0. The molecule has 0 saturated carbocycles. The van der Waals surface area contributed by atoms with E-state index in [0.717, 1.165) is 13.2 Å². The Kier molecular flexibility index (Phi) is 4.33. The van der Waals surface area contributed by atoms with Gasteiger partial charge >= 0.3 is 5.97 Å². The first-order valence-electron chi connectivity index (χ1n) is 4.69. The molecule has 1 aromatic heterocycles. The number of alkyl halides is 2. The van der Waals surface area contributed by atoms with E-state index in [9.17, 15) is 13.6 Å². The molecule has 5 nitrogen and oxygen atoms in total. The fraction of sp³-hybridized carbons (Fsp3) is 0.400. The Hall–Kier alpha value is -1.76. The Morgan fingerprint density at radius 1 is 1.53 bits per heavy atom. The van der Waals surface area contributed by atoms with Gasteiger partial charge in [-0.15, -0.1) is 0 Å². The van der Waals surface area contributed by atoms with Crippen molar-refractivity contribution >= 4 is 5.97 Å². The molecule has 0 aromatic carbocycles. The molecule has 0 bridgehead atoms. The van der Waals surface area contributed by atoms with Gasteiger partial charge in [-0.05, 0) is 6.07 Å². The Balaban J connectivity index is 3.37. The predicted octanol–water partition coefficient (Wildman–Crippen LogP) is 1.27. The SMILES string of the molecule is COC(=O)c1nc(CN)c(C(F)F)cc1OC. The molecule has 0 aliphatic carbocycles. The number of pyridine rings is 1. The maximum Gasteiger partial charge on any atom is 0.360 e. The number of halogens is 2. The highest BCUT2D eigenvalue weighted by Crippen LogP contribution is 2.28. The quantitative estimate of drug-likeness (QED) is 0.810. The van der Waals surface area contributed by atoms with Gasteiger partial charge in [0.1, 0.15) is 0 Å². The van der Waals surface area contributed by atoms with Crippen LogP contribution in [0.15, 0.2) is 6.07 Å². The Labute approximate surface area is 96.5 Å². The zero-order chi connectivity index (χ0) is 13.0. The van der Waals surface area contributed by atoms with Crippen molar-refractivity contribution in [2.45, 2.75) is 13.0 Å². The number of carbonyl (C=O) groups excluding carboxylic acids is 1. The molecule has 2 N–H and O–H groups in total. The van der Waals surface area contributed by atoms with Gasteiger partial charge in [0.15, 0.2) is 11.4 Å². The molecule has 7 heteroatoms. The molecular weight excluding hydrogens is 234 g/mol. The van der Waals surface area contributed by atoms with E-state index in [4.69, 9.17) is 10.5 Å². The van der Waals surface area contributed by atoms with Crippen LogP contribution in [0.3, 0.4) is 0 Å². The smallest absolute Gasteiger partial charge is 0.360 e. The van der Waals surface area contributed by atoms with Crippen LogP contribution in [-0.4, -0.2) is 25.2 Å². The fourth-order valence-electron chi connectivity index (χ4n) is 1.30. The van der Waals surface area contributed by atoms with Gasteiger partial charge in [-0.25, -0.2) is 18.6 Å². The third-order valence-electron chi connectivity index (χ3n) is 2.13. The van der Waals surface area contributed by atoms with E-state index in [1.165, 1.54) is 7.11 Å². The molecule has 1 heterocycles. The average Bonchev–Trinajstić information content (AvgIpc) is 2.35. The van der Waals surface area contributed by atoms with Gasteiger partial charge in [-0.2, -0.15) is 0 Å². The van der Waals surface area contributed by atoms with Gasteiger partial charge in [0.25, 0.3) is 6.43 Å². The topological polar surface area (TPSA) is 74.4 Å². The lowest BCUT2D eigenvalue weighted by atomic mass is 10.1. The zero-order valence-electron chi connectivity index (χ0n) is 9.37. The van der Waals surface area contributed by atoms with Gasteiger partial charge in [0.05, 0.1) is 19.9 Å². The summed E-state index contributed by atoms with van der Waals surface area (Å²) in [6.45, 7) is -0.201. The Morgan fingerprint density at radius 2 is 2.18 bits per heavy atom. The van der Waals surface area contributed by atoms with E-state index < -0.39 is 12.4 Å². The first-order chi connectivity index (χ1) is 8.04. The summed E-state index contributed by atoms with van der Waals surface area (Å²) in [6, 6.07) is 1.05. The van der Waals surface area contributed by atoms with Crippen molar-refractivity contribution in [1.29, 1.82) is 0 Å². The van der Waals surface area contributed by atoms with Crippen molar-refractivity contribution < 1.29 is 23.0 Å². The van der Waals surface area contributed by atoms with E-state index in [1.54, 1.807) is 0 Å². The summed E-state index contributed by atoms with van der Waals surface area (Å²) in [5.41, 5.74) is 4.73. The Bertz CT molecular complexity index is 424. The van der Waals surface area contributed by atoms with Crippen LogP contribution in [0.1, 0.15) is 28.2 Å². The van der Waals surface area contributed by atoms with Gasteiger partial charge in [0.2, 0.25) is 0 Å². The molecule has 0 saturated heterocycles. The molecule has 0 amide bonds. The minimum Gasteiger partial charge on any atom is -0.494 e. The lowest BCUT2D eigenvalue weighted by Gasteiger charge is -2.12. The molecule has 1 aromatic rings. The van der Waals surface area contributed by atoms with Crippen LogP contribution in [0.25, 0.3) is 0 Å². The minimum absolute atomic E-state index is 0.0544. The first-order valence-corrected chi connectivity index (χ1v) is 4.69. The maximum atomic E-state index is 12.7. The normalized spacial score (nSPS) is 10.5. The minimum atomic E-state index is -2.73. The number of carbonyl (C=O) groups is 1. The van der Waals surface area contributed by atoms with Crippen molar-refractivity contribution in [1.82, 2.24) is 4.98 Å². The number of nitrogens with zero attached hydrogens (tertiary/aromatic N) is 1. The highest BCUT2D eigenvalue weighted by Gasteiger charge is 2.22. The van der Waals surface area contributed by atoms with Crippen molar-refractivity contribution in [3.05, 3.63) is 23.0 Å². The number of esters is 1. The third-order valence-corrected chi connectivity index (χ3v) is 2.13. The van der Waals surface area contributed by atoms with Gasteiger partial charge in [-0.1, -0.05) is 0 Å². The van der Waals surface area contributed by atoms with Crippen molar-refractivity contribution in [2.24, 2.45) is 5.73 Å². The number of nitrogens with two attached hydrogens (primary N) is 1. The standard InChI is InChI=1S/C10H12F2N2O3/c1-16-7-3-5(9(11)12)6(4-13)14-8(7)10(15)17-2/h3,9H,4,13H2,1-2H3. The van der Waals surface area contributed by atoms with E-state index in [2.05, 4.69) is 9.72 Å². The second-order valence-corrected chi connectivity index (χ2v) is 3.07. The highest BCUT2D eigenvalue weighted by atomic mass is 19.3. The van der Waals surface area contributed by atoms with Crippen LogP contribution >= 0.6 is 0 Å². The van der Waals surface area contributed by atoms with Crippen LogP contribution in [0, 0.1) is 0 Å². The molecule has 0 aliphatic rings. The van der Waals surface area contributed by atoms with Crippen LogP contribution in [0.4, 0.5) is 8.78 Å². The molecule has 0 unspecified atom stereocenters. The largest absolute Gasteiger partial charge is 0.494 e. The number of hydrogen-bond donors (Lipinski definition) is 1. The molecular formula is C10H12F2N2O3. The van der Waals surface area contributed by atoms with E-state index in [1.807, 2.05) is 0 Å². The summed E-state index contributed by atoms with van der Waals surface area (Å²) in [7, 11) is 2.41. The van der Waals surface area contributed by atoms with E-state index in [0.29, 0.717) is 0 Å². The maximum absolute atomic E-state index is 12.7. The molecule has 1 rings (SSSR count). The van der Waals surface area contributed by atoms with Crippen molar-refractivity contribution in [2.75, 3.05) is 14.2 Å². The third kappa shape index (κ3) is 2.68. The van der Waals surface area contributed by atoms with Gasteiger partial charge in [0, 0.05) is 12.1 Å². The molecule has 0 aliphatic heterocycles. The number of aromatic nitrogens is 1. The van der Waals surface area contributed by atoms with E-state index >= 15 is 0 Å². The fourth-order valence-corrected chi connectivity index (χ4v) is 1.30. The number of ether oxygens (including phenoxy) is 2. The lowest BCUT2D eigenvalue weighted by molar-refractivity contribution is 0.0588. The highest BCUT2D eigenvalue weighted by molar-refractivity contribution is 5.90. The molecule has 0 radical (unpaired) electrons. The summed E-state index contributed by atoms with van der Waals surface area (Å²) >= 11 is 0. The first kappa shape index (κ1) is 13.3. The Morgan fingerprint density at radius 3 is 2.59 bits per heavy atom. The monoisotopic (exact) mass is 246 g/mol. The molecule has 0 spiro atoms. The number of methoxy groups -OCH3 is 2. The predicted molar refractivity (Wildman–Crippen MR) is 55.0 cm³/mol. The van der Waals surface area contributed by atoms with Gasteiger partial charge < -0.3 is 15.2 Å². The summed E-state index contributed by atoms with van der Waals surface area (Å²) < 4.78 is 34.6. The van der Waals surface area contributed by atoms with Crippen molar-refractivity contribution in [3.63, 3.8) is 0 Å². The van der Waals surface area contributed by atoms with Crippen LogP contribution in [0.5, 0.6) is 5.75 Å². The molecule has 94 valence electrons. The molecule has 17 heavy (non-hydrogen) atoms. The van der Waals surface area contributed by atoms with Crippen LogP contribution in [-0.2, 0) is 11.3 Å². The van der Waals surface area contributed by atoms with Gasteiger partial charge in [-0.3, -0.25) is 0 Å². The number of rotatable bonds is 4. The second-order valence-electron chi connectivity index (χ2n) is 3.07. The summed E-state index contributed by atoms with van der Waals surface area (Å²) in [5.74, 6) is -0.832. The molecule has 0 atom stereocenters. The lowest BCUT2D eigenvalue weighted by Crippen LogP contribution is -2.13. The van der Waals surface area contributed by atoms with Crippen LogP contribution < -0.4 is 10.5 Å². The number of hydrogen-bond acceptors (Lipinski definition) is 5. The summed E-state index contributed by atoms with van der Waals surface area (Å²) in [6.07, 6.45) is -2.73. The van der Waals surface area contributed by atoms with Crippen LogP contribution in [0.2, 0.25) is 0 Å². The zero-order valence-corrected chi connectivity index (χ0v) is 9.37. The van der Waals surface area contributed by atoms with Crippen molar-refractivity contribution in [3.8, 4) is 5.75 Å². The van der Waals surface area contributed by atoms with E-state index in [-0.39, 0.29) is 29.2 Å². The second kappa shape index (κ2) is 5.53.